The van der Waals surface area contributed by atoms with Crippen molar-refractivity contribution in [3.05, 3.63) is 143 Å². The van der Waals surface area contributed by atoms with Crippen LogP contribution in [-0.4, -0.2) is 29.4 Å². The minimum Gasteiger partial charge on any atom is -0.337 e. The molecule has 0 fully saturated rings. The van der Waals surface area contributed by atoms with Crippen LogP contribution in [0, 0.1) is 76.8 Å². The quantitative estimate of drug-likeness (QED) is 0.0123. The normalized spacial score (nSPS) is 15.4. The molecule has 119 heavy (non-hydrogen) atoms. The van der Waals surface area contributed by atoms with E-state index in [2.05, 4.69) is 72.5 Å². The smallest absolute Gasteiger partial charge is 0.270 e. The molecule has 7 heterocycles. The van der Waals surface area contributed by atoms with E-state index in [1.54, 1.807) is 28.7 Å². The Hall–Kier alpha value is -7.62. The summed E-state index contributed by atoms with van der Waals surface area (Å²) in [5.74, 6) is -5.90. The van der Waals surface area contributed by atoms with Crippen molar-refractivity contribution in [2.45, 2.75) is 344 Å². The predicted molar refractivity (Wildman–Crippen MR) is 496 cm³/mol. The number of nitriles is 2. The number of rotatable bonds is 52. The molecule has 7 aromatic heterocycles. The summed E-state index contributed by atoms with van der Waals surface area (Å²) in [6, 6.07) is 7.79. The van der Waals surface area contributed by atoms with Gasteiger partial charge in [-0.2, -0.15) is 8.75 Å². The van der Waals surface area contributed by atoms with Gasteiger partial charge in [0, 0.05) is 61.8 Å². The van der Waals surface area contributed by atoms with Crippen molar-refractivity contribution in [2.24, 2.45) is 17.8 Å². The lowest BCUT2D eigenvalue weighted by molar-refractivity contribution is 0.0957. The van der Waals surface area contributed by atoms with Crippen LogP contribution < -0.4 is 0 Å². The van der Waals surface area contributed by atoms with Gasteiger partial charge in [0.15, 0.2) is 34.8 Å². The largest absolute Gasteiger partial charge is 0.337 e. The Kier molecular flexibility index (Phi) is 34.2. The van der Waals surface area contributed by atoms with Gasteiger partial charge >= 0.3 is 0 Å². The van der Waals surface area contributed by atoms with Crippen LogP contribution in [-0.2, 0) is 32.4 Å². The molecule has 2 aliphatic carbocycles. The molecule has 10 aromatic rings. The average Bonchev–Trinajstić information content (AvgIpc) is 1.50. The molecule has 0 spiro atoms. The number of allylic oxidation sites excluding steroid dienone is 7. The average molecular weight is 1700 g/mol. The van der Waals surface area contributed by atoms with E-state index in [0.717, 1.165) is 189 Å². The molecule has 632 valence electrons. The zero-order valence-corrected chi connectivity index (χ0v) is 75.5. The number of Topliss-reactive ketones (excluding diaryl/α,β-unsaturated/α-hetero) is 2. The number of aryl methyl sites for hydroxylation is 2. The maximum Gasteiger partial charge on any atom is 0.270 e. The van der Waals surface area contributed by atoms with E-state index in [4.69, 9.17) is 21.9 Å². The van der Waals surface area contributed by atoms with Crippen molar-refractivity contribution in [1.82, 2.24) is 17.9 Å². The number of hydrogen-bond donors (Lipinski definition) is 0. The van der Waals surface area contributed by atoms with E-state index in [1.165, 1.54) is 235 Å². The molecule has 0 saturated heterocycles. The number of carbonyl (C=O) groups excluding carboxylic acids is 2. The molecule has 10 nitrogen and oxygen atoms in total. The van der Waals surface area contributed by atoms with Crippen LogP contribution in [0.2, 0.25) is 0 Å². The number of benzene rings is 3. The van der Waals surface area contributed by atoms with Gasteiger partial charge in [-0.15, -0.1) is 45.3 Å². The SMILES string of the molecule is [C-]#[N+]/C(C#N)=C1/C(=C/C=C/c2sc3c(sc4c5c6nsnc6c6c7sc8c(CCCCCCCCCCC)c(CC9C(=O)c%10cc(F)c(F)cc%10/C9=C(\C#N)[N+]#[C-])sc8c7n(CC(CCCCCC)CCCCCCCC)c6c5n(CC(CCCCCC)CCCCCCCC)c34)c2CCCCCCCCCCC)C(=O)c2cc(F)c(F)cc21. The van der Waals surface area contributed by atoms with Gasteiger partial charge in [-0.1, -0.05) is 285 Å². The van der Waals surface area contributed by atoms with Crippen LogP contribution in [0.25, 0.3) is 99.0 Å². The maximum atomic E-state index is 15.5. The molecule has 2 aliphatic rings. The zero-order valence-electron chi connectivity index (χ0n) is 71.5. The summed E-state index contributed by atoms with van der Waals surface area (Å²) in [4.78, 5) is 38.7. The van der Waals surface area contributed by atoms with Gasteiger partial charge in [0.25, 0.3) is 11.4 Å². The van der Waals surface area contributed by atoms with Crippen LogP contribution in [0.3, 0.4) is 0 Å². The van der Waals surface area contributed by atoms with Gasteiger partial charge in [0.1, 0.15) is 11.0 Å². The lowest BCUT2D eigenvalue weighted by Gasteiger charge is -2.22. The molecule has 0 saturated carbocycles. The van der Waals surface area contributed by atoms with Crippen LogP contribution >= 0.6 is 57.1 Å². The zero-order chi connectivity index (χ0) is 83.9. The van der Waals surface area contributed by atoms with E-state index in [0.29, 0.717) is 11.8 Å². The van der Waals surface area contributed by atoms with Gasteiger partial charge in [-0.05, 0) is 128 Å². The van der Waals surface area contributed by atoms with Crippen molar-refractivity contribution >= 4 is 158 Å². The molecule has 3 atom stereocenters. The Bertz CT molecular complexity index is 5490. The van der Waals surface area contributed by atoms with Crippen molar-refractivity contribution in [1.29, 1.82) is 10.5 Å². The molecule has 0 amide bonds. The van der Waals surface area contributed by atoms with E-state index < -0.39 is 40.8 Å². The number of unbranched alkanes of at least 4 members (excludes halogenated alkanes) is 32. The van der Waals surface area contributed by atoms with E-state index >= 15 is 22.4 Å². The summed E-state index contributed by atoms with van der Waals surface area (Å²) < 4.78 is 84.7. The highest BCUT2D eigenvalue weighted by Crippen LogP contribution is 2.57. The molecule has 3 aromatic carbocycles. The Balaban J connectivity index is 1.13. The fourth-order valence-electron chi connectivity index (χ4n) is 19.1. The highest BCUT2D eigenvalue weighted by Gasteiger charge is 2.41. The summed E-state index contributed by atoms with van der Waals surface area (Å²) in [7, 11) is 0. The predicted octanol–water partition coefficient (Wildman–Crippen LogP) is 33.0. The lowest BCUT2D eigenvalue weighted by atomic mass is 9.91. The molecule has 0 bridgehead atoms. The first-order valence-electron chi connectivity index (χ1n) is 45.8. The third-order valence-corrected chi connectivity index (χ3v) is 31.3. The van der Waals surface area contributed by atoms with Crippen LogP contribution in [0.1, 0.15) is 364 Å². The first kappa shape index (κ1) is 90.6. The molecule has 19 heteroatoms. The fraction of sp³-hybridized carbons (Fsp3) is 0.560. The monoisotopic (exact) mass is 1700 g/mol. The van der Waals surface area contributed by atoms with Crippen molar-refractivity contribution < 1.29 is 27.2 Å². The fourth-order valence-corrected chi connectivity index (χ4v) is 25.7. The number of carbonyl (C=O) groups is 2. The maximum absolute atomic E-state index is 15.5. The van der Waals surface area contributed by atoms with Gasteiger partial charge in [-0.25, -0.2) is 37.8 Å². The molecule has 0 radical (unpaired) electrons. The van der Waals surface area contributed by atoms with E-state index in [-0.39, 0.29) is 56.8 Å². The Labute approximate surface area is 724 Å². The van der Waals surface area contributed by atoms with Crippen molar-refractivity contribution in [2.75, 3.05) is 0 Å². The van der Waals surface area contributed by atoms with Gasteiger partial charge in [0.2, 0.25) is 0 Å². The van der Waals surface area contributed by atoms with Gasteiger partial charge in [0.05, 0.1) is 87.3 Å². The van der Waals surface area contributed by atoms with E-state index in [1.807, 2.05) is 34.8 Å². The summed E-state index contributed by atoms with van der Waals surface area (Å²) in [6.07, 6.45) is 56.4. The second kappa shape index (κ2) is 45.0. The minimum atomic E-state index is -1.18. The topological polar surface area (TPSA) is 126 Å². The van der Waals surface area contributed by atoms with Crippen LogP contribution in [0.4, 0.5) is 17.6 Å². The molecule has 12 rings (SSSR count). The Morgan fingerprint density at radius 1 is 0.462 bits per heavy atom. The second-order valence-corrected chi connectivity index (χ2v) is 38.8. The third-order valence-electron chi connectivity index (χ3n) is 25.5. The molecule has 3 unspecified atom stereocenters. The van der Waals surface area contributed by atoms with E-state index in [9.17, 15) is 15.3 Å². The number of thiophene rings is 4. The Morgan fingerprint density at radius 3 is 1.29 bits per heavy atom. The molecule has 0 aliphatic heterocycles. The summed E-state index contributed by atoms with van der Waals surface area (Å²) in [6.45, 7) is 31.5. The number of ketones is 2. The summed E-state index contributed by atoms with van der Waals surface area (Å²) in [5.41, 5.74) is 8.65. The standard InChI is InChI=1S/C100H122F4N8O2S5/c1-9-15-21-27-31-33-35-39-45-52-67-81(55-47-54-69-83(79(61-105)107-7)70-56-75(101)77(103)58-72(70)93(69)113)115-99-91-97(117-95(67)99)85-87-88(110-119-109-87)86-90(89(85)111(91)63-65(48-41-25-19-13-5)50-43-37-29-23-17-11-3)112(64-66(49-42-26-20-14-6)51-44-38-30-24-18-12-4)92-98(86)118-96-68(53-46-40-36-34-32-28-22-16-10-2)82(116-100(92)96)60-74-84(80(62-106)108-8)71-57-76(102)78(104)59-73(71)94(74)114/h47,54-59,65-66,74H,9-46,48-53,60,63-64H2,1-6H3/b55-47+,69-54-,83-79-,84-80-. The summed E-state index contributed by atoms with van der Waals surface area (Å²) >= 11 is 8.52. The number of fused-ring (bicyclic) bond motifs is 16. The first-order valence-corrected chi connectivity index (χ1v) is 49.8. The van der Waals surface area contributed by atoms with Crippen LogP contribution in [0.5, 0.6) is 0 Å². The highest BCUT2D eigenvalue weighted by atomic mass is 32.1. The van der Waals surface area contributed by atoms with Gasteiger partial charge in [-0.3, -0.25) is 9.59 Å². The first-order chi connectivity index (χ1) is 58.2. The molecular formula is C100H122F4N8O2S5. The number of halogens is 4. The molecule has 0 N–H and O–H groups in total. The third kappa shape index (κ3) is 20.7. The number of nitrogens with zero attached hydrogens (tertiary/aromatic N) is 8. The lowest BCUT2D eigenvalue weighted by Crippen LogP contribution is -2.14. The minimum absolute atomic E-state index is 0.00366. The summed E-state index contributed by atoms with van der Waals surface area (Å²) in [5, 5.41) is 23.3. The van der Waals surface area contributed by atoms with Crippen LogP contribution in [0.15, 0.2) is 53.4 Å². The number of aromatic nitrogens is 4. The van der Waals surface area contributed by atoms with Crippen molar-refractivity contribution in [3.63, 3.8) is 0 Å². The number of hydrogen-bond acceptors (Lipinski definition) is 11. The molecular weight excluding hydrogens is 1580 g/mol. The Morgan fingerprint density at radius 2 is 0.849 bits per heavy atom. The van der Waals surface area contributed by atoms with Gasteiger partial charge < -0.3 is 9.13 Å². The second-order valence-electron chi connectivity index (χ2n) is 34.1. The van der Waals surface area contributed by atoms with Crippen molar-refractivity contribution in [3.8, 4) is 12.1 Å². The highest BCUT2D eigenvalue weighted by molar-refractivity contribution is 7.34.